The smallest absolute Gasteiger partial charge is 0.305 e. The fourth-order valence-electron chi connectivity index (χ4n) is 5.37. The normalized spacial score (nSPS) is 26.5. The maximum Gasteiger partial charge on any atom is 0.305 e. The molecule has 0 aliphatic heterocycles. The van der Waals surface area contributed by atoms with Crippen molar-refractivity contribution in [2.24, 2.45) is 11.8 Å². The van der Waals surface area contributed by atoms with Crippen LogP contribution in [0.2, 0.25) is 0 Å². The molecule has 0 unspecified atom stereocenters. The largest absolute Gasteiger partial charge is 0.508 e. The minimum atomic E-state index is -2.51. The van der Waals surface area contributed by atoms with Crippen LogP contribution >= 0.6 is 0 Å². The first-order valence-corrected chi connectivity index (χ1v) is 10.6. The predicted molar refractivity (Wildman–Crippen MR) is 113 cm³/mol. The van der Waals surface area contributed by atoms with Crippen molar-refractivity contribution >= 4 is 29.1 Å². The highest BCUT2D eigenvalue weighted by Crippen LogP contribution is 2.52. The van der Waals surface area contributed by atoms with Gasteiger partial charge in [-0.05, 0) is 49.3 Å². The fraction of sp³-hybridized carbons (Fsp3) is 0.417. The van der Waals surface area contributed by atoms with Gasteiger partial charge in [-0.1, -0.05) is 6.07 Å². The number of hydrogen-bond acceptors (Lipinski definition) is 9. The number of aromatic hydroxyl groups is 1. The summed E-state index contributed by atoms with van der Waals surface area (Å²) in [6.45, 7) is 1.06. The minimum absolute atomic E-state index is 0.0289. The standard InChI is InChI=1S/C24H24O9/c1-10(25)18-16(27)9-13-7-12-8-14-11(4-6-17(28)33-2)3-5-15(26)20(14)21(29)19(12)23(31)24(13,32)22(18)30/h3,5,12-13,26,29-30,32H,4,6-9H2,1-2H3/t12-,13+,24-/m1/s1. The highest BCUT2D eigenvalue weighted by molar-refractivity contribution is 6.23. The molecule has 1 aromatic carbocycles. The molecule has 1 aromatic rings. The molecule has 33 heavy (non-hydrogen) atoms. The summed E-state index contributed by atoms with van der Waals surface area (Å²) in [4.78, 5) is 49.4. The maximum absolute atomic E-state index is 13.4. The van der Waals surface area contributed by atoms with Crippen LogP contribution in [0.4, 0.5) is 0 Å². The van der Waals surface area contributed by atoms with Crippen LogP contribution in [0.25, 0.3) is 5.76 Å². The summed E-state index contributed by atoms with van der Waals surface area (Å²) in [5.74, 6) is -6.17. The fourth-order valence-corrected chi connectivity index (χ4v) is 5.37. The highest BCUT2D eigenvalue weighted by Gasteiger charge is 2.60. The van der Waals surface area contributed by atoms with Gasteiger partial charge in [-0.25, -0.2) is 0 Å². The molecule has 0 bridgehead atoms. The van der Waals surface area contributed by atoms with Gasteiger partial charge in [-0.3, -0.25) is 19.2 Å². The third-order valence-corrected chi connectivity index (χ3v) is 6.98. The molecule has 4 N–H and O–H groups in total. The van der Waals surface area contributed by atoms with E-state index in [0.29, 0.717) is 11.1 Å². The Kier molecular flexibility index (Phi) is 5.40. The SMILES string of the molecule is COC(=O)CCc1ccc(O)c2c1C[C@H]1C[C@H]3CC(=O)C(C(C)=O)=C(O)[C@@]3(O)C(=O)C1=C2O. The molecule has 0 heterocycles. The number of fused-ring (bicyclic) bond motifs is 3. The molecule has 0 saturated heterocycles. The number of carbonyl (C=O) groups excluding carboxylic acids is 4. The van der Waals surface area contributed by atoms with Gasteiger partial charge in [0.15, 0.2) is 17.2 Å². The third-order valence-electron chi connectivity index (χ3n) is 6.98. The molecule has 1 saturated carbocycles. The van der Waals surface area contributed by atoms with E-state index in [1.54, 1.807) is 6.07 Å². The molecular weight excluding hydrogens is 432 g/mol. The second-order valence-electron chi connectivity index (χ2n) is 8.77. The van der Waals surface area contributed by atoms with Gasteiger partial charge >= 0.3 is 5.97 Å². The van der Waals surface area contributed by atoms with Crippen LogP contribution in [0.1, 0.15) is 42.9 Å². The summed E-state index contributed by atoms with van der Waals surface area (Å²) in [5.41, 5.74) is -2.00. The number of phenolic OH excluding ortho intramolecular Hbond substituents is 1. The van der Waals surface area contributed by atoms with Gasteiger partial charge < -0.3 is 25.2 Å². The van der Waals surface area contributed by atoms with Crippen molar-refractivity contribution in [1.82, 2.24) is 0 Å². The van der Waals surface area contributed by atoms with Crippen molar-refractivity contribution in [2.45, 2.75) is 44.6 Å². The van der Waals surface area contributed by atoms with Crippen molar-refractivity contribution < 1.29 is 44.3 Å². The lowest BCUT2D eigenvalue weighted by Gasteiger charge is -2.46. The molecule has 1 fully saturated rings. The Morgan fingerprint density at radius 2 is 1.85 bits per heavy atom. The second kappa shape index (κ2) is 7.84. The van der Waals surface area contributed by atoms with Gasteiger partial charge in [0.25, 0.3) is 0 Å². The van der Waals surface area contributed by atoms with E-state index < -0.39 is 57.8 Å². The van der Waals surface area contributed by atoms with Crippen LogP contribution in [0, 0.1) is 11.8 Å². The van der Waals surface area contributed by atoms with Crippen LogP contribution in [-0.4, -0.2) is 56.5 Å². The van der Waals surface area contributed by atoms with Crippen LogP contribution < -0.4 is 0 Å². The Morgan fingerprint density at radius 3 is 2.48 bits per heavy atom. The van der Waals surface area contributed by atoms with Gasteiger partial charge in [0.05, 0.1) is 12.7 Å². The van der Waals surface area contributed by atoms with Gasteiger partial charge in [0.1, 0.15) is 22.8 Å². The molecule has 4 rings (SSSR count). The molecule has 0 aromatic heterocycles. The zero-order chi connectivity index (χ0) is 24.2. The summed E-state index contributed by atoms with van der Waals surface area (Å²) < 4.78 is 4.67. The quantitative estimate of drug-likeness (QED) is 0.390. The number of aryl methyl sites for hydroxylation is 1. The molecular formula is C24H24O9. The third kappa shape index (κ3) is 3.26. The number of carbonyl (C=O) groups is 4. The van der Waals surface area contributed by atoms with E-state index in [-0.39, 0.29) is 49.0 Å². The van der Waals surface area contributed by atoms with E-state index >= 15 is 0 Å². The van der Waals surface area contributed by atoms with Crippen LogP contribution in [0.3, 0.4) is 0 Å². The summed E-state index contributed by atoms with van der Waals surface area (Å²) in [7, 11) is 1.27. The van der Waals surface area contributed by atoms with Crippen molar-refractivity contribution in [1.29, 1.82) is 0 Å². The summed E-state index contributed by atoms with van der Waals surface area (Å²) in [6, 6.07) is 2.98. The average molecular weight is 456 g/mol. The van der Waals surface area contributed by atoms with Crippen molar-refractivity contribution in [2.75, 3.05) is 7.11 Å². The maximum atomic E-state index is 13.4. The number of ether oxygens (including phenoxy) is 1. The molecule has 0 spiro atoms. The number of esters is 1. The first-order chi connectivity index (χ1) is 15.5. The number of aliphatic hydroxyl groups excluding tert-OH is 2. The Morgan fingerprint density at radius 1 is 1.15 bits per heavy atom. The average Bonchev–Trinajstić information content (AvgIpc) is 2.75. The van der Waals surface area contributed by atoms with Gasteiger partial charge in [0, 0.05) is 24.3 Å². The van der Waals surface area contributed by atoms with Gasteiger partial charge in [-0.15, -0.1) is 0 Å². The Labute approximate surface area is 189 Å². The Bertz CT molecular complexity index is 1170. The van der Waals surface area contributed by atoms with E-state index in [4.69, 9.17) is 0 Å². The summed E-state index contributed by atoms with van der Waals surface area (Å²) >= 11 is 0. The molecule has 3 aliphatic carbocycles. The van der Waals surface area contributed by atoms with Gasteiger partial charge in [-0.2, -0.15) is 0 Å². The monoisotopic (exact) mass is 456 g/mol. The number of allylic oxidation sites excluding steroid dienone is 1. The highest BCUT2D eigenvalue weighted by atomic mass is 16.5. The number of ketones is 3. The molecule has 3 aliphatic rings. The van der Waals surface area contributed by atoms with Crippen LogP contribution in [0.5, 0.6) is 5.75 Å². The predicted octanol–water partition coefficient (Wildman–Crippen LogP) is 1.63. The number of rotatable bonds is 4. The molecule has 174 valence electrons. The molecule has 9 nitrogen and oxygen atoms in total. The molecule has 0 radical (unpaired) electrons. The number of benzene rings is 1. The zero-order valence-electron chi connectivity index (χ0n) is 18.2. The first kappa shape index (κ1) is 22.7. The van der Waals surface area contributed by atoms with E-state index in [2.05, 4.69) is 4.74 Å². The van der Waals surface area contributed by atoms with E-state index in [1.807, 2.05) is 0 Å². The van der Waals surface area contributed by atoms with Gasteiger partial charge in [0.2, 0.25) is 5.78 Å². The molecule has 9 heteroatoms. The lowest BCUT2D eigenvalue weighted by Crippen LogP contribution is -2.57. The molecule has 0 amide bonds. The van der Waals surface area contributed by atoms with Crippen molar-refractivity contribution in [3.05, 3.63) is 45.7 Å². The lowest BCUT2D eigenvalue weighted by atomic mass is 9.59. The number of hydrogen-bond donors (Lipinski definition) is 4. The Balaban J connectivity index is 1.84. The summed E-state index contributed by atoms with van der Waals surface area (Å²) in [5, 5.41) is 43.3. The second-order valence-corrected chi connectivity index (χ2v) is 8.77. The van der Waals surface area contributed by atoms with Crippen LogP contribution in [-0.2, 0) is 36.8 Å². The van der Waals surface area contributed by atoms with E-state index in [0.717, 1.165) is 6.92 Å². The van der Waals surface area contributed by atoms with E-state index in [9.17, 15) is 39.6 Å². The number of methoxy groups -OCH3 is 1. The number of phenols is 1. The van der Waals surface area contributed by atoms with Crippen molar-refractivity contribution in [3.8, 4) is 5.75 Å². The van der Waals surface area contributed by atoms with Crippen molar-refractivity contribution in [3.63, 3.8) is 0 Å². The summed E-state index contributed by atoms with van der Waals surface area (Å²) in [6.07, 6.45) is 0.381. The first-order valence-electron chi connectivity index (χ1n) is 10.6. The number of aliphatic hydroxyl groups is 3. The zero-order valence-corrected chi connectivity index (χ0v) is 18.2. The number of Topliss-reactive ketones (excluding diaryl/α,β-unsaturated/α-hetero) is 3. The Hall–Kier alpha value is -3.46. The van der Waals surface area contributed by atoms with E-state index in [1.165, 1.54) is 13.2 Å². The molecule has 3 atom stereocenters. The topological polar surface area (TPSA) is 158 Å². The van der Waals surface area contributed by atoms with Crippen LogP contribution in [0.15, 0.2) is 29.0 Å². The minimum Gasteiger partial charge on any atom is -0.508 e. The lowest BCUT2D eigenvalue weighted by molar-refractivity contribution is -0.147.